The summed E-state index contributed by atoms with van der Waals surface area (Å²) in [5, 5.41) is 13.9. The largest absolute Gasteiger partial charge is 0.387 e. The first-order chi connectivity index (χ1) is 9.92. The Bertz CT molecular complexity index is 696. The van der Waals surface area contributed by atoms with E-state index in [1.807, 2.05) is 18.4 Å². The number of hydrogen-bond donors (Lipinski definition) is 2. The second-order valence-corrected chi connectivity index (χ2v) is 7.14. The van der Waals surface area contributed by atoms with Crippen LogP contribution in [-0.4, -0.2) is 36.1 Å². The van der Waals surface area contributed by atoms with Crippen molar-refractivity contribution >= 4 is 21.8 Å². The van der Waals surface area contributed by atoms with Gasteiger partial charge in [-0.15, -0.1) is 11.8 Å². The van der Waals surface area contributed by atoms with Crippen molar-refractivity contribution in [1.82, 2.24) is 14.5 Å². The van der Waals surface area contributed by atoms with E-state index < -0.39 is 16.1 Å². The van der Waals surface area contributed by atoms with Crippen LogP contribution in [-0.2, 0) is 17.1 Å². The average Bonchev–Trinajstić information content (AvgIpc) is 2.92. The fraction of sp³-hybridized carbons (Fsp3) is 0.308. The van der Waals surface area contributed by atoms with Gasteiger partial charge in [0.2, 0.25) is 10.0 Å². The van der Waals surface area contributed by atoms with Gasteiger partial charge in [0.15, 0.2) is 0 Å². The Balaban J connectivity index is 2.01. The van der Waals surface area contributed by atoms with Gasteiger partial charge in [0.1, 0.15) is 4.90 Å². The molecule has 2 N–H and O–H groups in total. The van der Waals surface area contributed by atoms with Crippen LogP contribution in [0.4, 0.5) is 0 Å². The molecule has 1 heterocycles. The van der Waals surface area contributed by atoms with Crippen LogP contribution in [0.25, 0.3) is 0 Å². The number of aliphatic hydroxyl groups is 1. The molecule has 2 aromatic rings. The molecule has 8 heteroatoms. The highest BCUT2D eigenvalue weighted by atomic mass is 32.2. The lowest BCUT2D eigenvalue weighted by molar-refractivity contribution is 0.182. The lowest BCUT2D eigenvalue weighted by Crippen LogP contribution is -2.28. The van der Waals surface area contributed by atoms with Gasteiger partial charge in [-0.1, -0.05) is 12.1 Å². The summed E-state index contributed by atoms with van der Waals surface area (Å²) in [6.45, 7) is -0.0875. The fourth-order valence-electron chi connectivity index (χ4n) is 1.75. The summed E-state index contributed by atoms with van der Waals surface area (Å²) in [5.41, 5.74) is 0.668. The molecule has 0 bridgehead atoms. The van der Waals surface area contributed by atoms with E-state index in [1.165, 1.54) is 17.1 Å². The summed E-state index contributed by atoms with van der Waals surface area (Å²) in [4.78, 5) is 1.16. The molecule has 114 valence electrons. The highest BCUT2D eigenvalue weighted by Gasteiger charge is 2.18. The van der Waals surface area contributed by atoms with Crippen molar-refractivity contribution in [3.05, 3.63) is 42.2 Å². The maximum atomic E-state index is 12.0. The highest BCUT2D eigenvalue weighted by Crippen LogP contribution is 2.19. The number of nitrogens with one attached hydrogen (secondary N) is 1. The van der Waals surface area contributed by atoms with Gasteiger partial charge in [-0.2, -0.15) is 5.10 Å². The van der Waals surface area contributed by atoms with Crippen molar-refractivity contribution in [2.75, 3.05) is 12.8 Å². The summed E-state index contributed by atoms with van der Waals surface area (Å²) >= 11 is 1.60. The fourth-order valence-corrected chi connectivity index (χ4v) is 3.18. The van der Waals surface area contributed by atoms with Crippen LogP contribution in [0.2, 0.25) is 0 Å². The molecule has 0 aliphatic rings. The number of thioether (sulfide) groups is 1. The predicted octanol–water partition coefficient (Wildman–Crippen LogP) is 1.15. The van der Waals surface area contributed by atoms with Crippen LogP contribution >= 0.6 is 11.8 Å². The molecule has 0 saturated carbocycles. The van der Waals surface area contributed by atoms with Gasteiger partial charge in [-0.3, -0.25) is 4.68 Å². The molecule has 21 heavy (non-hydrogen) atoms. The Morgan fingerprint density at radius 2 is 2.05 bits per heavy atom. The minimum absolute atomic E-state index is 0.0786. The third kappa shape index (κ3) is 4.07. The molecule has 6 nitrogen and oxygen atoms in total. The minimum Gasteiger partial charge on any atom is -0.387 e. The highest BCUT2D eigenvalue weighted by molar-refractivity contribution is 7.98. The second-order valence-electron chi connectivity index (χ2n) is 4.49. The van der Waals surface area contributed by atoms with Crippen LogP contribution in [0.15, 0.2) is 46.5 Å². The van der Waals surface area contributed by atoms with Gasteiger partial charge in [-0.25, -0.2) is 13.1 Å². The molecule has 1 atom stereocenters. The molecule has 1 aromatic heterocycles. The Morgan fingerprint density at radius 3 is 2.57 bits per heavy atom. The first-order valence-electron chi connectivity index (χ1n) is 6.22. The van der Waals surface area contributed by atoms with Crippen molar-refractivity contribution in [3.8, 4) is 0 Å². The van der Waals surface area contributed by atoms with Gasteiger partial charge < -0.3 is 5.11 Å². The number of rotatable bonds is 6. The van der Waals surface area contributed by atoms with Crippen molar-refractivity contribution in [2.45, 2.75) is 15.9 Å². The number of aryl methyl sites for hydroxylation is 1. The summed E-state index contributed by atoms with van der Waals surface area (Å²) < 4.78 is 27.8. The molecule has 0 spiro atoms. The SMILES string of the molecule is CSc1ccc([C@H](O)CNS(=O)(=O)c2cnn(C)c2)cc1. The Kier molecular flexibility index (Phi) is 5.04. The molecule has 0 amide bonds. The minimum atomic E-state index is -3.65. The molecule has 0 fully saturated rings. The Hall–Kier alpha value is -1.35. The lowest BCUT2D eigenvalue weighted by atomic mass is 10.1. The zero-order chi connectivity index (χ0) is 15.5. The molecule has 0 aliphatic carbocycles. The van der Waals surface area contributed by atoms with Crippen molar-refractivity contribution in [1.29, 1.82) is 0 Å². The maximum absolute atomic E-state index is 12.0. The van der Waals surface area contributed by atoms with E-state index in [2.05, 4.69) is 9.82 Å². The first-order valence-corrected chi connectivity index (χ1v) is 8.93. The average molecular weight is 327 g/mol. The van der Waals surface area contributed by atoms with E-state index in [0.717, 1.165) is 4.90 Å². The van der Waals surface area contributed by atoms with Crippen molar-refractivity contribution in [3.63, 3.8) is 0 Å². The van der Waals surface area contributed by atoms with Crippen LogP contribution in [0.1, 0.15) is 11.7 Å². The summed E-state index contributed by atoms with van der Waals surface area (Å²) in [6, 6.07) is 7.35. The van der Waals surface area contributed by atoms with Gasteiger partial charge in [0.25, 0.3) is 0 Å². The van der Waals surface area contributed by atoms with Crippen LogP contribution in [0, 0.1) is 0 Å². The second kappa shape index (κ2) is 6.61. The molecule has 0 unspecified atom stereocenters. The standard InChI is InChI=1S/C13H17N3O3S2/c1-16-9-12(7-14-16)21(18,19)15-8-13(17)10-3-5-11(20-2)6-4-10/h3-7,9,13,15,17H,8H2,1-2H3/t13-/m1/s1. The number of aliphatic hydroxyl groups excluding tert-OH is 1. The third-order valence-corrected chi connectivity index (χ3v) is 5.08. The smallest absolute Gasteiger partial charge is 0.243 e. The molecule has 2 rings (SSSR count). The molecule has 0 radical (unpaired) electrons. The summed E-state index contributed by atoms with van der Waals surface area (Å²) in [6.07, 6.45) is 3.74. The number of nitrogens with zero attached hydrogens (tertiary/aromatic N) is 2. The molecule has 1 aromatic carbocycles. The summed E-state index contributed by atoms with van der Waals surface area (Å²) in [7, 11) is -2.01. The van der Waals surface area contributed by atoms with E-state index in [4.69, 9.17) is 0 Å². The molecular weight excluding hydrogens is 310 g/mol. The van der Waals surface area contributed by atoms with Gasteiger partial charge in [0, 0.05) is 24.7 Å². The molecular formula is C13H17N3O3S2. The van der Waals surface area contributed by atoms with E-state index in [0.29, 0.717) is 5.56 Å². The Labute approximate surface area is 128 Å². The van der Waals surface area contributed by atoms with E-state index >= 15 is 0 Å². The summed E-state index contributed by atoms with van der Waals surface area (Å²) in [5.74, 6) is 0. The number of sulfonamides is 1. The van der Waals surface area contributed by atoms with Crippen LogP contribution < -0.4 is 4.72 Å². The van der Waals surface area contributed by atoms with E-state index in [-0.39, 0.29) is 11.4 Å². The zero-order valence-corrected chi connectivity index (χ0v) is 13.4. The predicted molar refractivity (Wildman–Crippen MR) is 81.6 cm³/mol. The van der Waals surface area contributed by atoms with E-state index in [9.17, 15) is 13.5 Å². The first kappa shape index (κ1) is 16.0. The van der Waals surface area contributed by atoms with Gasteiger partial charge >= 0.3 is 0 Å². The Morgan fingerprint density at radius 1 is 1.38 bits per heavy atom. The van der Waals surface area contributed by atoms with Crippen molar-refractivity contribution in [2.24, 2.45) is 7.05 Å². The van der Waals surface area contributed by atoms with E-state index in [1.54, 1.807) is 30.9 Å². The zero-order valence-electron chi connectivity index (χ0n) is 11.7. The quantitative estimate of drug-likeness (QED) is 0.778. The number of hydrogen-bond acceptors (Lipinski definition) is 5. The van der Waals surface area contributed by atoms with Gasteiger partial charge in [0.05, 0.1) is 12.3 Å². The van der Waals surface area contributed by atoms with Crippen molar-refractivity contribution < 1.29 is 13.5 Å². The lowest BCUT2D eigenvalue weighted by Gasteiger charge is -2.12. The monoisotopic (exact) mass is 327 g/mol. The number of aromatic nitrogens is 2. The maximum Gasteiger partial charge on any atom is 0.243 e. The van der Waals surface area contributed by atoms with Crippen LogP contribution in [0.5, 0.6) is 0 Å². The van der Waals surface area contributed by atoms with Crippen LogP contribution in [0.3, 0.4) is 0 Å². The topological polar surface area (TPSA) is 84.2 Å². The normalized spacial score (nSPS) is 13.3. The molecule has 0 saturated heterocycles. The van der Waals surface area contributed by atoms with Gasteiger partial charge in [-0.05, 0) is 24.0 Å². The number of benzene rings is 1. The third-order valence-electron chi connectivity index (χ3n) is 2.96. The molecule has 0 aliphatic heterocycles.